The normalized spacial score (nSPS) is 10.5. The van der Waals surface area contributed by atoms with Gasteiger partial charge in [0.2, 0.25) is 11.0 Å². The fourth-order valence-corrected chi connectivity index (χ4v) is 3.16. The number of phenolic OH excluding ortho intramolecular Hbond substituents is 1. The lowest BCUT2D eigenvalue weighted by molar-refractivity contribution is -0.119. The number of benzene rings is 2. The number of hydrogen-bond donors (Lipinski definition) is 2. The number of aromatic hydroxyl groups is 1. The van der Waals surface area contributed by atoms with Gasteiger partial charge in [-0.2, -0.15) is 0 Å². The number of amides is 1. The Morgan fingerprint density at radius 3 is 2.29 bits per heavy atom. The van der Waals surface area contributed by atoms with Crippen molar-refractivity contribution in [3.8, 4) is 27.5 Å². The molecule has 168 valence electrons. The Kier molecular flexibility index (Phi) is 11.1. The first-order valence-electron chi connectivity index (χ1n) is 10.4. The van der Waals surface area contributed by atoms with Crippen LogP contribution in [0.2, 0.25) is 0 Å². The van der Waals surface area contributed by atoms with E-state index in [0.717, 1.165) is 11.1 Å². The van der Waals surface area contributed by atoms with Crippen LogP contribution in [0.5, 0.6) is 27.5 Å². The summed E-state index contributed by atoms with van der Waals surface area (Å²) in [6.45, 7) is 13.3. The fraction of sp³-hybridized carbons (Fsp3) is 0.333. The molecular weight excluding hydrogens is 412 g/mol. The van der Waals surface area contributed by atoms with E-state index in [9.17, 15) is 9.90 Å². The molecule has 1 aromatic heterocycles. The minimum Gasteiger partial charge on any atom is -0.508 e. The summed E-state index contributed by atoms with van der Waals surface area (Å²) >= 11 is 1.28. The Balaban J connectivity index is 0.00000113. The third-order valence-corrected chi connectivity index (χ3v) is 4.59. The van der Waals surface area contributed by atoms with Crippen molar-refractivity contribution in [2.45, 2.75) is 54.5 Å². The standard InChI is InChI=1S/C20H20N2O4S.2C2H6/c1-12-10-16(24)6-9-18(12)26-20-21-11-19(27-20)25-17-7-4-15(5-8-17)13(2)22-14(3)23;2*1-2/h4-11,13,24H,1-3H3,(H,22,23);2*1-2H3. The van der Waals surface area contributed by atoms with Crippen LogP contribution in [0.15, 0.2) is 48.7 Å². The summed E-state index contributed by atoms with van der Waals surface area (Å²) in [6.07, 6.45) is 1.60. The highest BCUT2D eigenvalue weighted by molar-refractivity contribution is 7.15. The Hall–Kier alpha value is -3.06. The van der Waals surface area contributed by atoms with Crippen LogP contribution in [0.3, 0.4) is 0 Å². The van der Waals surface area contributed by atoms with Crippen LogP contribution in [0.4, 0.5) is 0 Å². The second kappa shape index (κ2) is 13.3. The van der Waals surface area contributed by atoms with Gasteiger partial charge < -0.3 is 19.9 Å². The molecule has 0 saturated carbocycles. The number of rotatable bonds is 6. The molecule has 7 heteroatoms. The van der Waals surface area contributed by atoms with Gasteiger partial charge in [-0.05, 0) is 66.6 Å². The van der Waals surface area contributed by atoms with Crippen LogP contribution in [0.1, 0.15) is 58.7 Å². The zero-order valence-electron chi connectivity index (χ0n) is 19.2. The van der Waals surface area contributed by atoms with Gasteiger partial charge >= 0.3 is 0 Å². The number of carbonyl (C=O) groups excluding carboxylic acids is 1. The van der Waals surface area contributed by atoms with Gasteiger partial charge in [-0.3, -0.25) is 4.79 Å². The van der Waals surface area contributed by atoms with E-state index in [-0.39, 0.29) is 17.7 Å². The van der Waals surface area contributed by atoms with Crippen molar-refractivity contribution in [3.63, 3.8) is 0 Å². The molecule has 0 aliphatic rings. The average molecular weight is 445 g/mol. The molecule has 31 heavy (non-hydrogen) atoms. The van der Waals surface area contributed by atoms with E-state index in [0.29, 0.717) is 21.8 Å². The molecule has 2 N–H and O–H groups in total. The number of aryl methyl sites for hydroxylation is 1. The van der Waals surface area contributed by atoms with Crippen LogP contribution in [0.25, 0.3) is 0 Å². The highest BCUT2D eigenvalue weighted by Gasteiger charge is 2.10. The summed E-state index contributed by atoms with van der Waals surface area (Å²) in [7, 11) is 0. The maximum atomic E-state index is 11.1. The molecule has 0 bridgehead atoms. The molecular formula is C24H32N2O4S. The Bertz CT molecular complexity index is 939. The van der Waals surface area contributed by atoms with Crippen molar-refractivity contribution in [1.82, 2.24) is 10.3 Å². The number of carbonyl (C=O) groups is 1. The maximum Gasteiger partial charge on any atom is 0.282 e. The van der Waals surface area contributed by atoms with E-state index in [1.807, 2.05) is 65.8 Å². The lowest BCUT2D eigenvalue weighted by Crippen LogP contribution is -2.23. The van der Waals surface area contributed by atoms with Gasteiger partial charge in [0.05, 0.1) is 12.2 Å². The molecule has 1 heterocycles. The van der Waals surface area contributed by atoms with E-state index in [4.69, 9.17) is 9.47 Å². The summed E-state index contributed by atoms with van der Waals surface area (Å²) in [5, 5.41) is 13.4. The van der Waals surface area contributed by atoms with Gasteiger partial charge in [0.15, 0.2) is 0 Å². The fourth-order valence-electron chi connectivity index (χ4n) is 2.51. The second-order valence-corrected chi connectivity index (χ2v) is 7.05. The molecule has 0 aliphatic heterocycles. The molecule has 1 atom stereocenters. The topological polar surface area (TPSA) is 80.7 Å². The zero-order valence-corrected chi connectivity index (χ0v) is 20.0. The molecule has 6 nitrogen and oxygen atoms in total. The van der Waals surface area contributed by atoms with Crippen molar-refractivity contribution in [2.75, 3.05) is 0 Å². The third kappa shape index (κ3) is 8.30. The van der Waals surface area contributed by atoms with Gasteiger partial charge in [0, 0.05) is 6.92 Å². The van der Waals surface area contributed by atoms with Crippen LogP contribution in [-0.2, 0) is 4.79 Å². The molecule has 1 amide bonds. The minimum atomic E-state index is -0.0659. The highest BCUT2D eigenvalue weighted by Crippen LogP contribution is 2.35. The van der Waals surface area contributed by atoms with Gasteiger partial charge in [-0.15, -0.1) is 0 Å². The second-order valence-electron chi connectivity index (χ2n) is 6.09. The predicted octanol–water partition coefficient (Wildman–Crippen LogP) is 6.99. The average Bonchev–Trinajstić information content (AvgIpc) is 3.20. The first-order chi connectivity index (χ1) is 14.9. The number of thiazole rings is 1. The number of aromatic nitrogens is 1. The van der Waals surface area contributed by atoms with Gasteiger partial charge in [-0.1, -0.05) is 39.8 Å². The third-order valence-electron chi connectivity index (χ3n) is 3.84. The van der Waals surface area contributed by atoms with E-state index < -0.39 is 0 Å². The Morgan fingerprint density at radius 2 is 1.71 bits per heavy atom. The molecule has 0 spiro atoms. The summed E-state index contributed by atoms with van der Waals surface area (Å²) in [5.74, 6) is 1.43. The lowest BCUT2D eigenvalue weighted by Gasteiger charge is -2.13. The Morgan fingerprint density at radius 1 is 1.06 bits per heavy atom. The van der Waals surface area contributed by atoms with Crippen LogP contribution >= 0.6 is 11.3 Å². The zero-order chi connectivity index (χ0) is 23.4. The number of nitrogens with one attached hydrogen (secondary N) is 1. The molecule has 0 saturated heterocycles. The quantitative estimate of drug-likeness (QED) is 0.428. The smallest absolute Gasteiger partial charge is 0.282 e. The van der Waals surface area contributed by atoms with E-state index in [1.54, 1.807) is 24.4 Å². The molecule has 1 unspecified atom stereocenters. The Labute approximate surface area is 188 Å². The monoisotopic (exact) mass is 444 g/mol. The number of ether oxygens (including phenoxy) is 2. The summed E-state index contributed by atoms with van der Waals surface area (Å²) in [5.41, 5.74) is 1.81. The summed E-state index contributed by atoms with van der Waals surface area (Å²) < 4.78 is 11.6. The van der Waals surface area contributed by atoms with Gasteiger partial charge in [0.25, 0.3) is 5.19 Å². The minimum absolute atomic E-state index is 0.0616. The largest absolute Gasteiger partial charge is 0.508 e. The lowest BCUT2D eigenvalue weighted by atomic mass is 10.1. The van der Waals surface area contributed by atoms with E-state index in [1.165, 1.54) is 18.3 Å². The SMILES string of the molecule is CC.CC.CC(=O)NC(C)c1ccc(Oc2cnc(Oc3ccc(O)cc3C)s2)cc1. The molecule has 0 radical (unpaired) electrons. The molecule has 0 fully saturated rings. The van der Waals surface area contributed by atoms with E-state index in [2.05, 4.69) is 10.3 Å². The number of nitrogens with zero attached hydrogens (tertiary/aromatic N) is 1. The number of hydrogen-bond acceptors (Lipinski definition) is 6. The maximum absolute atomic E-state index is 11.1. The van der Waals surface area contributed by atoms with Crippen LogP contribution in [0, 0.1) is 6.92 Å². The molecule has 0 aliphatic carbocycles. The van der Waals surface area contributed by atoms with Crippen LogP contribution < -0.4 is 14.8 Å². The molecule has 3 rings (SSSR count). The predicted molar refractivity (Wildman–Crippen MR) is 126 cm³/mol. The van der Waals surface area contributed by atoms with Gasteiger partial charge in [0.1, 0.15) is 17.2 Å². The van der Waals surface area contributed by atoms with Crippen LogP contribution in [-0.4, -0.2) is 16.0 Å². The van der Waals surface area contributed by atoms with E-state index >= 15 is 0 Å². The van der Waals surface area contributed by atoms with Crippen molar-refractivity contribution >= 4 is 17.2 Å². The van der Waals surface area contributed by atoms with Crippen molar-refractivity contribution in [1.29, 1.82) is 0 Å². The first kappa shape index (κ1) is 26.0. The number of phenols is 1. The van der Waals surface area contributed by atoms with Crippen molar-refractivity contribution in [2.24, 2.45) is 0 Å². The molecule has 3 aromatic rings. The first-order valence-corrected chi connectivity index (χ1v) is 11.2. The van der Waals surface area contributed by atoms with Crippen molar-refractivity contribution in [3.05, 3.63) is 59.8 Å². The summed E-state index contributed by atoms with van der Waals surface area (Å²) in [6, 6.07) is 12.3. The van der Waals surface area contributed by atoms with Crippen molar-refractivity contribution < 1.29 is 19.4 Å². The summed E-state index contributed by atoms with van der Waals surface area (Å²) in [4.78, 5) is 15.4. The molecule has 2 aromatic carbocycles. The van der Waals surface area contributed by atoms with Gasteiger partial charge in [-0.25, -0.2) is 4.98 Å². The highest BCUT2D eigenvalue weighted by atomic mass is 32.1.